The van der Waals surface area contributed by atoms with Gasteiger partial charge in [0.1, 0.15) is 17.2 Å². The lowest BCUT2D eigenvalue weighted by Gasteiger charge is -2.45. The molecule has 0 amide bonds. The molecule has 0 unspecified atom stereocenters. The average Bonchev–Trinajstić information content (AvgIpc) is 2.96. The van der Waals surface area contributed by atoms with Crippen LogP contribution in [0.15, 0.2) is 71.7 Å². The third-order valence-corrected chi connectivity index (χ3v) is 7.10. The number of hydrogen-bond acceptors (Lipinski definition) is 4. The van der Waals surface area contributed by atoms with E-state index in [-0.39, 0.29) is 5.41 Å². The number of methoxy groups -OCH3 is 1. The fourth-order valence-corrected chi connectivity index (χ4v) is 5.29. The molecule has 6 rings (SSSR count). The summed E-state index contributed by atoms with van der Waals surface area (Å²) in [6.07, 6.45) is 1.99. The number of aliphatic imine (C=N–C) groups is 1. The van der Waals surface area contributed by atoms with Crippen LogP contribution in [0.5, 0.6) is 11.5 Å². The van der Waals surface area contributed by atoms with E-state index in [9.17, 15) is 0 Å². The van der Waals surface area contributed by atoms with Crippen molar-refractivity contribution in [3.63, 3.8) is 0 Å². The normalized spacial score (nSPS) is 20.7. The molecule has 4 nitrogen and oxygen atoms in total. The van der Waals surface area contributed by atoms with Crippen molar-refractivity contribution in [3.8, 4) is 11.5 Å². The minimum Gasteiger partial charge on any atom is -0.497 e. The topological polar surface area (TPSA) is 34.1 Å². The summed E-state index contributed by atoms with van der Waals surface area (Å²) in [7, 11) is 3.80. The summed E-state index contributed by atoms with van der Waals surface area (Å²) in [6, 6.07) is 23.1. The molecule has 1 atom stereocenters. The van der Waals surface area contributed by atoms with E-state index < -0.39 is 5.72 Å². The first-order valence-corrected chi connectivity index (χ1v) is 10.6. The number of hydrogen-bond donors (Lipinski definition) is 0. The summed E-state index contributed by atoms with van der Waals surface area (Å²) >= 11 is 0. The van der Waals surface area contributed by atoms with Crippen molar-refractivity contribution < 1.29 is 9.47 Å². The Balaban J connectivity index is 1.56. The van der Waals surface area contributed by atoms with E-state index in [2.05, 4.69) is 74.3 Å². The van der Waals surface area contributed by atoms with Crippen molar-refractivity contribution in [2.75, 3.05) is 19.1 Å². The van der Waals surface area contributed by atoms with Gasteiger partial charge in [0.2, 0.25) is 5.72 Å². The van der Waals surface area contributed by atoms with Crippen molar-refractivity contribution in [2.45, 2.75) is 25.0 Å². The van der Waals surface area contributed by atoms with Crippen molar-refractivity contribution in [2.24, 2.45) is 4.99 Å². The van der Waals surface area contributed by atoms with Crippen LogP contribution >= 0.6 is 0 Å². The Bertz CT molecular complexity index is 1410. The minimum atomic E-state index is -0.709. The Labute approximate surface area is 181 Å². The third kappa shape index (κ3) is 2.22. The fourth-order valence-electron chi connectivity index (χ4n) is 5.29. The van der Waals surface area contributed by atoms with Gasteiger partial charge >= 0.3 is 0 Å². The van der Waals surface area contributed by atoms with Crippen LogP contribution in [0.1, 0.15) is 19.4 Å². The molecule has 0 bridgehead atoms. The molecule has 1 spiro atoms. The SMILES string of the molecule is COc1ccc2ccc3c(c2c1)N=C[C@]1(O3)N(C)c2c(ccc3ccccc23)C1(C)C. The number of rotatable bonds is 1. The molecule has 2 heterocycles. The first kappa shape index (κ1) is 18.3. The number of fused-ring (bicyclic) bond motifs is 6. The molecule has 4 heteroatoms. The van der Waals surface area contributed by atoms with Crippen LogP contribution in [0.25, 0.3) is 21.5 Å². The molecular formula is C27H24N2O2. The van der Waals surface area contributed by atoms with Gasteiger partial charge in [-0.3, -0.25) is 4.99 Å². The number of likely N-dealkylation sites (N-methyl/N-ethyl adjacent to an activating group) is 1. The van der Waals surface area contributed by atoms with Gasteiger partial charge in [0, 0.05) is 17.8 Å². The standard InChI is InChI=1S/C27H24N2O2/c1-26(2)22-13-10-17-7-5-6-8-20(17)25(22)29(3)27(26)16-28-24-21-15-19(30-4)12-9-18(21)11-14-23(24)31-27/h5-16H,1-4H3/t27-/m1/s1. The molecule has 2 aliphatic heterocycles. The van der Waals surface area contributed by atoms with E-state index in [1.54, 1.807) is 7.11 Å². The zero-order valence-electron chi connectivity index (χ0n) is 18.1. The van der Waals surface area contributed by atoms with Gasteiger partial charge in [0.05, 0.1) is 24.4 Å². The summed E-state index contributed by atoms with van der Waals surface area (Å²) in [4.78, 5) is 7.25. The molecule has 4 aromatic rings. The van der Waals surface area contributed by atoms with Crippen LogP contribution in [-0.2, 0) is 5.41 Å². The highest BCUT2D eigenvalue weighted by Crippen LogP contribution is 2.56. The van der Waals surface area contributed by atoms with Gasteiger partial charge in [0.15, 0.2) is 0 Å². The van der Waals surface area contributed by atoms with E-state index in [0.717, 1.165) is 28.0 Å². The molecule has 0 aromatic heterocycles. The van der Waals surface area contributed by atoms with Gasteiger partial charge in [0.25, 0.3) is 0 Å². The monoisotopic (exact) mass is 408 g/mol. The number of nitrogens with zero attached hydrogens (tertiary/aromatic N) is 2. The molecule has 4 aromatic carbocycles. The first-order valence-electron chi connectivity index (χ1n) is 10.6. The zero-order valence-corrected chi connectivity index (χ0v) is 18.1. The van der Waals surface area contributed by atoms with Gasteiger partial charge in [-0.15, -0.1) is 0 Å². The highest BCUT2D eigenvalue weighted by Gasteiger charge is 2.59. The van der Waals surface area contributed by atoms with Crippen molar-refractivity contribution in [1.29, 1.82) is 0 Å². The maximum Gasteiger partial charge on any atom is 0.228 e. The maximum absolute atomic E-state index is 6.86. The van der Waals surface area contributed by atoms with Crippen LogP contribution in [0.3, 0.4) is 0 Å². The Kier molecular flexibility index (Phi) is 3.54. The van der Waals surface area contributed by atoms with E-state index in [0.29, 0.717) is 0 Å². The van der Waals surface area contributed by atoms with Crippen LogP contribution in [0.2, 0.25) is 0 Å². The predicted octanol–water partition coefficient (Wildman–Crippen LogP) is 6.22. The molecule has 154 valence electrons. The minimum absolute atomic E-state index is 0.300. The Hall–Kier alpha value is -3.53. The molecule has 0 fully saturated rings. The van der Waals surface area contributed by atoms with Gasteiger partial charge in [-0.25, -0.2) is 0 Å². The molecule has 31 heavy (non-hydrogen) atoms. The maximum atomic E-state index is 6.86. The fraction of sp³-hybridized carbons (Fsp3) is 0.222. The smallest absolute Gasteiger partial charge is 0.228 e. The first-order chi connectivity index (χ1) is 15.0. The summed E-state index contributed by atoms with van der Waals surface area (Å²) in [5.41, 5.74) is 2.32. The summed E-state index contributed by atoms with van der Waals surface area (Å²) in [5.74, 6) is 1.61. The number of anilines is 1. The van der Waals surface area contributed by atoms with E-state index >= 15 is 0 Å². The van der Waals surface area contributed by atoms with E-state index in [4.69, 9.17) is 14.5 Å². The molecule has 0 radical (unpaired) electrons. The van der Waals surface area contributed by atoms with E-state index in [1.807, 2.05) is 24.4 Å². The van der Waals surface area contributed by atoms with Crippen molar-refractivity contribution >= 4 is 39.1 Å². The van der Waals surface area contributed by atoms with Gasteiger partial charge in [-0.2, -0.15) is 0 Å². The van der Waals surface area contributed by atoms with Crippen LogP contribution < -0.4 is 14.4 Å². The molecule has 0 aliphatic carbocycles. The lowest BCUT2D eigenvalue weighted by Crippen LogP contribution is -2.61. The highest BCUT2D eigenvalue weighted by molar-refractivity contribution is 6.04. The van der Waals surface area contributed by atoms with Gasteiger partial charge < -0.3 is 14.4 Å². The summed E-state index contributed by atoms with van der Waals surface area (Å²) in [6.45, 7) is 4.48. The number of benzene rings is 4. The van der Waals surface area contributed by atoms with Gasteiger partial charge in [-0.1, -0.05) is 48.5 Å². The molecule has 0 saturated carbocycles. The molecule has 0 saturated heterocycles. The summed E-state index contributed by atoms with van der Waals surface area (Å²) < 4.78 is 12.3. The molecule has 0 N–H and O–H groups in total. The van der Waals surface area contributed by atoms with Crippen LogP contribution in [0, 0.1) is 0 Å². The second-order valence-corrected chi connectivity index (χ2v) is 8.92. The Morgan fingerprint density at radius 2 is 1.65 bits per heavy atom. The molecule has 2 aliphatic rings. The summed E-state index contributed by atoms with van der Waals surface area (Å²) in [5, 5.41) is 4.61. The lowest BCUT2D eigenvalue weighted by atomic mass is 9.77. The van der Waals surface area contributed by atoms with Crippen molar-refractivity contribution in [1.82, 2.24) is 0 Å². The largest absolute Gasteiger partial charge is 0.497 e. The van der Waals surface area contributed by atoms with Crippen LogP contribution in [0.4, 0.5) is 11.4 Å². The Morgan fingerprint density at radius 3 is 2.48 bits per heavy atom. The lowest BCUT2D eigenvalue weighted by molar-refractivity contribution is 0.0827. The highest BCUT2D eigenvalue weighted by atomic mass is 16.5. The molecular weight excluding hydrogens is 384 g/mol. The van der Waals surface area contributed by atoms with Crippen LogP contribution in [-0.4, -0.2) is 26.1 Å². The van der Waals surface area contributed by atoms with Gasteiger partial charge in [-0.05, 0) is 48.4 Å². The third-order valence-electron chi connectivity index (χ3n) is 7.10. The quantitative estimate of drug-likeness (QED) is 0.375. The zero-order chi connectivity index (χ0) is 21.4. The van der Waals surface area contributed by atoms with Crippen molar-refractivity contribution in [3.05, 3.63) is 72.3 Å². The Morgan fingerprint density at radius 1 is 0.903 bits per heavy atom. The van der Waals surface area contributed by atoms with E-state index in [1.165, 1.54) is 22.0 Å². The average molecular weight is 409 g/mol. The number of ether oxygens (including phenoxy) is 2. The second-order valence-electron chi connectivity index (χ2n) is 8.92. The predicted molar refractivity (Wildman–Crippen MR) is 127 cm³/mol. The second kappa shape index (κ2) is 6.01.